The van der Waals surface area contributed by atoms with Crippen molar-refractivity contribution in [2.24, 2.45) is 17.8 Å². The molecule has 0 spiro atoms. The molecule has 327 valence electrons. The Hall–Kier alpha value is -5.22. The summed E-state index contributed by atoms with van der Waals surface area (Å²) in [5.41, 5.74) is 6.27. The van der Waals surface area contributed by atoms with E-state index in [0.29, 0.717) is 17.2 Å². The van der Waals surface area contributed by atoms with Gasteiger partial charge in [-0.2, -0.15) is 0 Å². The molecule has 0 saturated carbocycles. The third kappa shape index (κ3) is 15.2. The lowest BCUT2D eigenvalue weighted by Gasteiger charge is -2.23. The number of esters is 3. The Balaban J connectivity index is 0.000000229. The van der Waals surface area contributed by atoms with Gasteiger partial charge in [-0.1, -0.05) is 125 Å². The standard InChI is InChI=1S/C26H34O4S.C16H15O2S.C12H8S/c1-13(2)25(27)29-21-18(8)19(9)24(20(10)22(21)30-26(28)14(3)4)31-23-16(6)12-11-15(5)17(23)7;1-12(2)16(17)18-13-8-10-15(11-9-13)19-14-6-4-3-5-7-14;1-3-7-11(8-4-1)13-12-9-5-2-6-10-12/h11-14H,1-10H3;4-12H,1-2H3;3-10H. The van der Waals surface area contributed by atoms with Crippen LogP contribution in [0.15, 0.2) is 139 Å². The highest BCUT2D eigenvalue weighted by molar-refractivity contribution is 8.00. The summed E-state index contributed by atoms with van der Waals surface area (Å²) in [7, 11) is 0. The second-order valence-corrected chi connectivity index (χ2v) is 19.0. The molecule has 0 aromatic heterocycles. The Bertz CT molecular complexity index is 2390. The summed E-state index contributed by atoms with van der Waals surface area (Å²) in [6.45, 7) is 23.0. The van der Waals surface area contributed by atoms with Crippen LogP contribution in [0.4, 0.5) is 0 Å². The molecule has 0 atom stereocenters. The summed E-state index contributed by atoms with van der Waals surface area (Å²) in [5, 5.41) is 0. The van der Waals surface area contributed by atoms with Gasteiger partial charge in [0.1, 0.15) is 5.75 Å². The first-order valence-electron chi connectivity index (χ1n) is 20.8. The van der Waals surface area contributed by atoms with Crippen LogP contribution in [0.5, 0.6) is 17.2 Å². The minimum Gasteiger partial charge on any atom is -0.426 e. The topological polar surface area (TPSA) is 78.9 Å². The van der Waals surface area contributed by atoms with Crippen molar-refractivity contribution < 1.29 is 28.6 Å². The summed E-state index contributed by atoms with van der Waals surface area (Å²) < 4.78 is 16.7. The second kappa shape index (κ2) is 24.6. The quantitative estimate of drug-likeness (QED) is 0.0881. The van der Waals surface area contributed by atoms with Gasteiger partial charge in [-0.15, -0.1) is 0 Å². The molecule has 0 fully saturated rings. The average molecular weight is 898 g/mol. The molecule has 6 aromatic rings. The van der Waals surface area contributed by atoms with Crippen LogP contribution in [0.25, 0.3) is 0 Å². The fourth-order valence-electron chi connectivity index (χ4n) is 5.49. The van der Waals surface area contributed by atoms with Gasteiger partial charge in [0, 0.05) is 34.9 Å². The molecule has 0 amide bonds. The average Bonchev–Trinajstić information content (AvgIpc) is 3.27. The largest absolute Gasteiger partial charge is 0.426 e. The van der Waals surface area contributed by atoms with E-state index in [1.807, 2.05) is 107 Å². The fraction of sp³-hybridized carbons (Fsp3) is 0.278. The third-order valence-electron chi connectivity index (χ3n) is 9.60. The number of rotatable bonds is 12. The Morgan fingerprint density at radius 1 is 0.397 bits per heavy atom. The molecule has 0 bridgehead atoms. The van der Waals surface area contributed by atoms with Crippen molar-refractivity contribution in [2.75, 3.05) is 0 Å². The molecule has 0 heterocycles. The summed E-state index contributed by atoms with van der Waals surface area (Å²) in [4.78, 5) is 43.3. The van der Waals surface area contributed by atoms with Crippen molar-refractivity contribution in [3.05, 3.63) is 161 Å². The van der Waals surface area contributed by atoms with E-state index in [1.165, 1.54) is 31.4 Å². The molecule has 0 unspecified atom stereocenters. The maximum atomic E-state index is 12.5. The van der Waals surface area contributed by atoms with Crippen molar-refractivity contribution in [3.8, 4) is 17.2 Å². The van der Waals surface area contributed by atoms with Gasteiger partial charge in [-0.3, -0.25) is 14.4 Å². The first-order valence-corrected chi connectivity index (χ1v) is 23.3. The van der Waals surface area contributed by atoms with Gasteiger partial charge in [-0.25, -0.2) is 0 Å². The van der Waals surface area contributed by atoms with Crippen LogP contribution in [-0.4, -0.2) is 17.9 Å². The van der Waals surface area contributed by atoms with Crippen molar-refractivity contribution in [2.45, 2.75) is 112 Å². The third-order valence-corrected chi connectivity index (χ3v) is 13.3. The van der Waals surface area contributed by atoms with Gasteiger partial charge in [0.2, 0.25) is 0 Å². The van der Waals surface area contributed by atoms with Gasteiger partial charge in [-0.05, 0) is 148 Å². The lowest BCUT2D eigenvalue weighted by atomic mass is 10.0. The predicted molar refractivity (Wildman–Crippen MR) is 257 cm³/mol. The number of aryl methyl sites for hydroxylation is 2. The molecule has 0 aliphatic carbocycles. The predicted octanol–water partition coefficient (Wildman–Crippen LogP) is 14.4. The molecule has 6 aromatic carbocycles. The van der Waals surface area contributed by atoms with E-state index >= 15 is 0 Å². The van der Waals surface area contributed by atoms with Crippen molar-refractivity contribution in [3.63, 3.8) is 0 Å². The number of benzene rings is 6. The van der Waals surface area contributed by atoms with E-state index in [4.69, 9.17) is 14.2 Å². The number of hydrogen-bond acceptors (Lipinski definition) is 9. The van der Waals surface area contributed by atoms with Crippen LogP contribution in [0.3, 0.4) is 0 Å². The monoisotopic (exact) mass is 897 g/mol. The van der Waals surface area contributed by atoms with Crippen LogP contribution < -0.4 is 14.2 Å². The minimum absolute atomic E-state index is 0.116. The Morgan fingerprint density at radius 2 is 0.762 bits per heavy atom. The van der Waals surface area contributed by atoms with E-state index < -0.39 is 0 Å². The van der Waals surface area contributed by atoms with E-state index in [0.717, 1.165) is 31.4 Å². The smallest absolute Gasteiger partial charge is 0.313 e. The Labute approximate surface area is 387 Å². The summed E-state index contributed by atoms with van der Waals surface area (Å²) in [6, 6.07) is 44.5. The number of carbonyl (C=O) groups excluding carboxylic acids is 3. The molecule has 0 aliphatic rings. The van der Waals surface area contributed by atoms with Crippen LogP contribution in [0, 0.1) is 77.5 Å². The fourth-order valence-corrected chi connectivity index (χ4v) is 8.42. The molecule has 0 saturated heterocycles. The summed E-state index contributed by atoms with van der Waals surface area (Å²) in [5.74, 6) is -0.363. The SMILES string of the molecule is CC(C)C(=O)Oc1ccc(Sc2cc[c]cc2)cc1.Cc1ccc(C)c(Sc2c(C)c(C)c(OC(=O)C(C)C)c(OC(=O)C(C)C)c2C)c1C.[c]1ccc(Sc2cc[c]cc2)cc1. The molecule has 3 radical (unpaired) electrons. The lowest BCUT2D eigenvalue weighted by Crippen LogP contribution is -2.20. The molecule has 0 aliphatic heterocycles. The molecule has 6 rings (SSSR count). The lowest BCUT2D eigenvalue weighted by molar-refractivity contribution is -0.140. The van der Waals surface area contributed by atoms with Crippen LogP contribution >= 0.6 is 35.3 Å². The molecule has 6 nitrogen and oxygen atoms in total. The van der Waals surface area contributed by atoms with Gasteiger partial charge in [0.05, 0.1) is 17.8 Å². The Kier molecular flexibility index (Phi) is 19.7. The molecular weight excluding hydrogens is 841 g/mol. The molecule has 9 heteroatoms. The molecular formula is C54H57O6S3. The Morgan fingerprint density at radius 3 is 1.17 bits per heavy atom. The van der Waals surface area contributed by atoms with Gasteiger partial charge < -0.3 is 14.2 Å². The van der Waals surface area contributed by atoms with Crippen LogP contribution in [0.1, 0.15) is 74.9 Å². The second-order valence-electron chi connectivity index (χ2n) is 15.7. The normalized spacial score (nSPS) is 10.7. The number of carbonyl (C=O) groups is 3. The maximum absolute atomic E-state index is 12.5. The zero-order chi connectivity index (χ0) is 46.2. The maximum Gasteiger partial charge on any atom is 0.313 e. The van der Waals surface area contributed by atoms with Gasteiger partial charge >= 0.3 is 17.9 Å². The van der Waals surface area contributed by atoms with Crippen molar-refractivity contribution in [1.29, 1.82) is 0 Å². The van der Waals surface area contributed by atoms with Gasteiger partial charge in [0.25, 0.3) is 0 Å². The van der Waals surface area contributed by atoms with Crippen molar-refractivity contribution in [1.82, 2.24) is 0 Å². The molecule has 63 heavy (non-hydrogen) atoms. The zero-order valence-electron chi connectivity index (χ0n) is 38.3. The zero-order valence-corrected chi connectivity index (χ0v) is 40.7. The highest BCUT2D eigenvalue weighted by atomic mass is 32.2. The summed E-state index contributed by atoms with van der Waals surface area (Å²) >= 11 is 5.08. The highest BCUT2D eigenvalue weighted by Crippen LogP contribution is 2.47. The molecule has 0 N–H and O–H groups in total. The van der Waals surface area contributed by atoms with E-state index in [9.17, 15) is 14.4 Å². The van der Waals surface area contributed by atoms with Gasteiger partial charge in [0.15, 0.2) is 11.5 Å². The van der Waals surface area contributed by atoms with Crippen LogP contribution in [0.2, 0.25) is 0 Å². The number of hydrogen-bond donors (Lipinski definition) is 0. The van der Waals surface area contributed by atoms with E-state index in [2.05, 4.69) is 75.4 Å². The van der Waals surface area contributed by atoms with Crippen LogP contribution in [-0.2, 0) is 14.4 Å². The number of ether oxygens (including phenoxy) is 3. The van der Waals surface area contributed by atoms with E-state index in [-0.39, 0.29) is 35.7 Å². The summed E-state index contributed by atoms with van der Waals surface area (Å²) in [6.07, 6.45) is 0. The minimum atomic E-state index is -0.355. The first-order chi connectivity index (χ1) is 30.0. The first kappa shape index (κ1) is 50.4. The van der Waals surface area contributed by atoms with E-state index in [1.54, 1.807) is 63.0 Å². The van der Waals surface area contributed by atoms with Crippen molar-refractivity contribution >= 4 is 53.2 Å². The highest BCUT2D eigenvalue weighted by Gasteiger charge is 2.26.